The van der Waals surface area contributed by atoms with Crippen molar-refractivity contribution < 1.29 is 9.53 Å². The lowest BCUT2D eigenvalue weighted by Gasteiger charge is -2.28. The van der Waals surface area contributed by atoms with Gasteiger partial charge in [-0.2, -0.15) is 0 Å². The average molecular weight is 1150 g/mol. The highest BCUT2D eigenvalue weighted by Gasteiger charge is 2.22. The number of hydrogen-bond donors (Lipinski definition) is 1. The SMILES string of the molecule is BrCc1ccc2cncc(Br)c2c1.CN(C)CCCCCc1ccc2cncc(Br)c2c1.CN(C)CCCN.CN(C)CCCN(Cc1ccc2cncc(Br)c2c1)C(=O)OC(C)(C)C. The van der Waals surface area contributed by atoms with Crippen molar-refractivity contribution >= 4 is 102 Å². The number of unbranched alkanes of at least 4 members (excludes halogenated alkanes) is 2. The summed E-state index contributed by atoms with van der Waals surface area (Å²) in [5.74, 6) is 0. The van der Waals surface area contributed by atoms with Crippen LogP contribution in [0, 0.1) is 0 Å². The van der Waals surface area contributed by atoms with E-state index in [0.717, 1.165) is 74.0 Å². The molecular formula is C51H70Br4N8O2. The van der Waals surface area contributed by atoms with Gasteiger partial charge < -0.3 is 30.1 Å². The van der Waals surface area contributed by atoms with Gasteiger partial charge in [-0.25, -0.2) is 4.79 Å². The molecule has 0 bridgehead atoms. The molecule has 0 saturated heterocycles. The number of fused-ring (bicyclic) bond motifs is 3. The summed E-state index contributed by atoms with van der Waals surface area (Å²) in [4.78, 5) is 33.4. The lowest BCUT2D eigenvalue weighted by atomic mass is 10.0. The monoisotopic (exact) mass is 1140 g/mol. The second-order valence-corrected chi connectivity index (χ2v) is 20.9. The molecule has 0 fully saturated rings. The largest absolute Gasteiger partial charge is 0.444 e. The van der Waals surface area contributed by atoms with Gasteiger partial charge in [-0.15, -0.1) is 0 Å². The second kappa shape index (κ2) is 29.6. The number of nitrogens with zero attached hydrogens (tertiary/aromatic N) is 7. The summed E-state index contributed by atoms with van der Waals surface area (Å²) in [7, 11) is 12.4. The van der Waals surface area contributed by atoms with Crippen molar-refractivity contribution in [1.29, 1.82) is 0 Å². The number of hydrogen-bond acceptors (Lipinski definition) is 9. The predicted molar refractivity (Wildman–Crippen MR) is 289 cm³/mol. The molecule has 0 radical (unpaired) electrons. The number of pyridine rings is 3. The Morgan fingerprint density at radius 3 is 1.45 bits per heavy atom. The molecule has 10 nitrogen and oxygen atoms in total. The van der Waals surface area contributed by atoms with Gasteiger partial charge in [-0.3, -0.25) is 15.0 Å². The van der Waals surface area contributed by atoms with Crippen LogP contribution in [0.1, 0.15) is 69.6 Å². The van der Waals surface area contributed by atoms with Crippen molar-refractivity contribution in [3.05, 3.63) is 122 Å². The fourth-order valence-corrected chi connectivity index (χ4v) is 8.30. The summed E-state index contributed by atoms with van der Waals surface area (Å²) < 4.78 is 8.68. The smallest absolute Gasteiger partial charge is 0.410 e. The molecule has 0 unspecified atom stereocenters. The van der Waals surface area contributed by atoms with Crippen LogP contribution in [0.5, 0.6) is 0 Å². The molecule has 0 aliphatic carbocycles. The first-order valence-electron chi connectivity index (χ1n) is 22.1. The lowest BCUT2D eigenvalue weighted by Crippen LogP contribution is -2.37. The maximum Gasteiger partial charge on any atom is 0.410 e. The van der Waals surface area contributed by atoms with Crippen molar-refractivity contribution in [2.75, 3.05) is 75.0 Å². The van der Waals surface area contributed by atoms with E-state index in [4.69, 9.17) is 10.5 Å². The molecule has 65 heavy (non-hydrogen) atoms. The number of benzene rings is 3. The van der Waals surface area contributed by atoms with E-state index in [2.05, 4.69) is 164 Å². The zero-order chi connectivity index (χ0) is 47.9. The number of nitrogens with two attached hydrogens (primary N) is 1. The van der Waals surface area contributed by atoms with E-state index in [1.54, 1.807) is 11.1 Å². The Kier molecular flexibility index (Phi) is 25.6. The Morgan fingerprint density at radius 1 is 0.569 bits per heavy atom. The molecule has 6 rings (SSSR count). The molecule has 2 N–H and O–H groups in total. The lowest BCUT2D eigenvalue weighted by molar-refractivity contribution is 0.0228. The Hall–Kier alpha value is -3.08. The summed E-state index contributed by atoms with van der Waals surface area (Å²) in [6, 6.07) is 19.2. The zero-order valence-electron chi connectivity index (χ0n) is 39.9. The first-order chi connectivity index (χ1) is 30.9. The highest BCUT2D eigenvalue weighted by molar-refractivity contribution is 9.11. The van der Waals surface area contributed by atoms with Crippen LogP contribution in [0.15, 0.2) is 105 Å². The van der Waals surface area contributed by atoms with Crippen molar-refractivity contribution in [3.63, 3.8) is 0 Å². The minimum absolute atomic E-state index is 0.273. The molecule has 354 valence electrons. The van der Waals surface area contributed by atoms with Crippen molar-refractivity contribution in [2.45, 2.75) is 76.8 Å². The van der Waals surface area contributed by atoms with Crippen molar-refractivity contribution in [3.8, 4) is 0 Å². The van der Waals surface area contributed by atoms with E-state index in [0.29, 0.717) is 13.1 Å². The molecule has 6 aromatic rings. The van der Waals surface area contributed by atoms with Crippen LogP contribution >= 0.6 is 63.7 Å². The van der Waals surface area contributed by atoms with Crippen LogP contribution in [0.2, 0.25) is 0 Å². The maximum atomic E-state index is 12.6. The summed E-state index contributed by atoms with van der Waals surface area (Å²) in [6.45, 7) is 10.9. The highest BCUT2D eigenvalue weighted by atomic mass is 79.9. The van der Waals surface area contributed by atoms with Gasteiger partial charge in [0.25, 0.3) is 0 Å². The van der Waals surface area contributed by atoms with E-state index >= 15 is 0 Å². The molecule has 3 aromatic heterocycles. The number of rotatable bonds is 16. The third kappa shape index (κ3) is 21.6. The fraction of sp³-hybridized carbons (Fsp3) is 0.451. The van der Waals surface area contributed by atoms with Crippen LogP contribution in [-0.2, 0) is 23.0 Å². The van der Waals surface area contributed by atoms with Gasteiger partial charge in [0.15, 0.2) is 0 Å². The van der Waals surface area contributed by atoms with Crippen molar-refractivity contribution in [2.24, 2.45) is 5.73 Å². The van der Waals surface area contributed by atoms with Gasteiger partial charge in [-0.1, -0.05) is 58.7 Å². The highest BCUT2D eigenvalue weighted by Crippen LogP contribution is 2.27. The number of alkyl halides is 1. The minimum atomic E-state index is -0.505. The standard InChI is InChI=1S/C20H28BrN3O2.C16H21BrN2.C10H7Br2N.C5H14N2/c1-20(2,3)26-19(25)24(10-6-9-23(4)5)14-15-7-8-16-12-22-13-18(21)17(16)11-15;1-19(2)9-5-3-4-6-13-7-8-14-11-18-12-16(17)15(14)10-13;11-4-7-1-2-8-5-13-6-10(12)9(8)3-7;1-7(2)5-3-4-6/h7-8,11-13H,6,9-10,14H2,1-5H3;7-8,10-12H,3-6,9H2,1-2H3;1-3,5-6H,4H2;3-6H2,1-2H3. The van der Waals surface area contributed by atoms with Crippen LogP contribution in [0.4, 0.5) is 4.79 Å². The van der Waals surface area contributed by atoms with E-state index in [9.17, 15) is 4.79 Å². The molecule has 0 aliphatic rings. The van der Waals surface area contributed by atoms with Gasteiger partial charge in [0.2, 0.25) is 0 Å². The summed E-state index contributed by atoms with van der Waals surface area (Å²) >= 11 is 14.0. The number of aromatic nitrogens is 3. The number of amides is 1. The molecule has 0 saturated carbocycles. The molecule has 1 amide bonds. The number of halogens is 4. The van der Waals surface area contributed by atoms with Gasteiger partial charge in [0, 0.05) is 85.2 Å². The van der Waals surface area contributed by atoms with Gasteiger partial charge in [-0.05, 0) is 220 Å². The van der Waals surface area contributed by atoms with Gasteiger partial charge in [0.05, 0.1) is 0 Å². The molecule has 3 aromatic carbocycles. The fourth-order valence-electron chi connectivity index (χ4n) is 6.56. The molecule has 0 aliphatic heterocycles. The summed E-state index contributed by atoms with van der Waals surface area (Å²) in [6.07, 6.45) is 17.8. The normalized spacial score (nSPS) is 11.3. The third-order valence-electron chi connectivity index (χ3n) is 9.92. The Balaban J connectivity index is 0.000000251. The van der Waals surface area contributed by atoms with E-state index in [1.807, 2.05) is 78.0 Å². The molecule has 0 spiro atoms. The molecular weight excluding hydrogens is 1080 g/mol. The Morgan fingerprint density at radius 2 is 1.00 bits per heavy atom. The quantitative estimate of drug-likeness (QED) is 0.0749. The second-order valence-electron chi connectivity index (χ2n) is 17.8. The summed E-state index contributed by atoms with van der Waals surface area (Å²) in [5.41, 5.74) is 8.51. The first-order valence-corrected chi connectivity index (χ1v) is 25.6. The predicted octanol–water partition coefficient (Wildman–Crippen LogP) is 12.7. The maximum absolute atomic E-state index is 12.6. The van der Waals surface area contributed by atoms with E-state index in [1.165, 1.54) is 58.5 Å². The minimum Gasteiger partial charge on any atom is -0.444 e. The van der Waals surface area contributed by atoms with Gasteiger partial charge >= 0.3 is 6.09 Å². The number of aryl methyl sites for hydroxylation is 1. The molecule has 3 heterocycles. The molecule has 14 heteroatoms. The van der Waals surface area contributed by atoms with E-state index < -0.39 is 5.60 Å². The molecule has 0 atom stereocenters. The third-order valence-corrected chi connectivity index (χ3v) is 12.5. The number of ether oxygens (including phenoxy) is 1. The Labute approximate surface area is 422 Å². The van der Waals surface area contributed by atoms with Crippen LogP contribution in [0.3, 0.4) is 0 Å². The van der Waals surface area contributed by atoms with Gasteiger partial charge in [0.1, 0.15) is 5.60 Å². The van der Waals surface area contributed by atoms with E-state index in [-0.39, 0.29) is 6.09 Å². The first kappa shape index (κ1) is 56.2. The van der Waals surface area contributed by atoms with Crippen LogP contribution in [0.25, 0.3) is 32.3 Å². The number of carbonyl (C=O) groups excluding carboxylic acids is 1. The number of carbonyl (C=O) groups is 1. The zero-order valence-corrected chi connectivity index (χ0v) is 46.2. The van der Waals surface area contributed by atoms with Crippen LogP contribution < -0.4 is 5.73 Å². The summed E-state index contributed by atoms with van der Waals surface area (Å²) in [5, 5.41) is 7.89. The average Bonchev–Trinajstić information content (AvgIpc) is 3.25. The van der Waals surface area contributed by atoms with Crippen molar-refractivity contribution in [1.82, 2.24) is 34.6 Å². The Bertz CT molecular complexity index is 2340. The topological polar surface area (TPSA) is 104 Å². The van der Waals surface area contributed by atoms with Crippen LogP contribution in [-0.4, -0.2) is 121 Å².